The quantitative estimate of drug-likeness (QED) is 0.683. The number of carbonyl (C=O) groups excluding carboxylic acids is 1. The number of H-pyrrole nitrogens is 1. The molecule has 1 heterocycles. The van der Waals surface area contributed by atoms with Crippen molar-refractivity contribution >= 4 is 5.97 Å². The third-order valence-electron chi connectivity index (χ3n) is 2.28. The summed E-state index contributed by atoms with van der Waals surface area (Å²) < 4.78 is 67.6. The van der Waals surface area contributed by atoms with Crippen molar-refractivity contribution in [3.8, 4) is 0 Å². The fraction of sp³-hybridized carbons (Fsp3) is 0.400. The highest BCUT2D eigenvalue weighted by atomic mass is 19.4. The Kier molecular flexibility index (Phi) is 4.28. The van der Waals surface area contributed by atoms with Gasteiger partial charge >= 0.3 is 12.1 Å². The third-order valence-corrected chi connectivity index (χ3v) is 2.28. The minimum Gasteiger partial charge on any atom is -0.469 e. The van der Waals surface area contributed by atoms with E-state index in [1.54, 1.807) is 4.98 Å². The van der Waals surface area contributed by atoms with Crippen molar-refractivity contribution < 1.29 is 31.5 Å². The Hall–Kier alpha value is -1.93. The summed E-state index contributed by atoms with van der Waals surface area (Å²) >= 11 is 0. The molecule has 9 heteroatoms. The predicted molar refractivity (Wildman–Crippen MR) is 52.7 cm³/mol. The Morgan fingerprint density at radius 2 is 2.00 bits per heavy atom. The van der Waals surface area contributed by atoms with Crippen molar-refractivity contribution in [2.75, 3.05) is 7.11 Å². The van der Waals surface area contributed by atoms with Gasteiger partial charge in [0, 0.05) is 6.20 Å². The summed E-state index contributed by atoms with van der Waals surface area (Å²) in [6.45, 7) is 0. The van der Waals surface area contributed by atoms with Crippen LogP contribution < -0.4 is 5.56 Å². The average Bonchev–Trinajstić information content (AvgIpc) is 2.28. The molecule has 0 spiro atoms. The summed E-state index contributed by atoms with van der Waals surface area (Å²) in [6.07, 6.45) is -9.09. The van der Waals surface area contributed by atoms with Crippen LogP contribution >= 0.6 is 0 Å². The Bertz CT molecular complexity index is 535. The topological polar surface area (TPSA) is 59.2 Å². The molecule has 0 fully saturated rings. The average molecular weight is 285 g/mol. The van der Waals surface area contributed by atoms with E-state index in [1.165, 1.54) is 0 Å². The first kappa shape index (κ1) is 15.1. The zero-order valence-corrected chi connectivity index (χ0v) is 9.48. The molecule has 1 rings (SSSR count). The van der Waals surface area contributed by atoms with Crippen LogP contribution in [0.2, 0.25) is 0 Å². The van der Waals surface area contributed by atoms with Crippen LogP contribution in [0.1, 0.15) is 23.1 Å². The molecule has 0 saturated carbocycles. The van der Waals surface area contributed by atoms with Gasteiger partial charge in [-0.15, -0.1) is 0 Å². The first-order valence-electron chi connectivity index (χ1n) is 4.85. The van der Waals surface area contributed by atoms with Gasteiger partial charge in [-0.1, -0.05) is 0 Å². The van der Waals surface area contributed by atoms with Crippen LogP contribution in [0.5, 0.6) is 0 Å². The molecule has 0 aliphatic carbocycles. The molecule has 1 N–H and O–H groups in total. The van der Waals surface area contributed by atoms with Gasteiger partial charge in [-0.2, -0.15) is 13.2 Å². The summed E-state index contributed by atoms with van der Waals surface area (Å²) in [5.41, 5.74) is -5.81. The molecular weight excluding hydrogens is 277 g/mol. The van der Waals surface area contributed by atoms with Crippen LogP contribution in [0.3, 0.4) is 0 Å². The van der Waals surface area contributed by atoms with Crippen molar-refractivity contribution in [1.29, 1.82) is 0 Å². The first-order valence-corrected chi connectivity index (χ1v) is 4.85. The van der Waals surface area contributed by atoms with E-state index in [0.29, 0.717) is 6.20 Å². The zero-order valence-electron chi connectivity index (χ0n) is 9.48. The number of pyridine rings is 1. The summed E-state index contributed by atoms with van der Waals surface area (Å²) in [6, 6.07) is 0. The van der Waals surface area contributed by atoms with E-state index in [2.05, 4.69) is 4.74 Å². The largest absolute Gasteiger partial charge is 0.469 e. The zero-order chi connectivity index (χ0) is 14.8. The van der Waals surface area contributed by atoms with Gasteiger partial charge in [-0.25, -0.2) is 8.78 Å². The summed E-state index contributed by atoms with van der Waals surface area (Å²) in [4.78, 5) is 23.8. The fourth-order valence-corrected chi connectivity index (χ4v) is 1.50. The molecule has 4 nitrogen and oxygen atoms in total. The van der Waals surface area contributed by atoms with Gasteiger partial charge in [0.25, 0.3) is 12.0 Å². The van der Waals surface area contributed by atoms with Crippen molar-refractivity contribution in [3.63, 3.8) is 0 Å². The molecule has 0 aromatic carbocycles. The van der Waals surface area contributed by atoms with E-state index in [0.717, 1.165) is 7.11 Å². The second-order valence-corrected chi connectivity index (χ2v) is 3.48. The van der Waals surface area contributed by atoms with Crippen molar-refractivity contribution in [2.24, 2.45) is 0 Å². The van der Waals surface area contributed by atoms with Gasteiger partial charge in [0.05, 0.1) is 24.7 Å². The van der Waals surface area contributed by atoms with E-state index < -0.39 is 47.2 Å². The lowest BCUT2D eigenvalue weighted by atomic mass is 10.0. The van der Waals surface area contributed by atoms with Crippen molar-refractivity contribution in [2.45, 2.75) is 19.0 Å². The normalized spacial score (nSPS) is 11.7. The molecular formula is C10H8F5NO3. The summed E-state index contributed by atoms with van der Waals surface area (Å²) in [5, 5.41) is 0. The molecule has 0 bridgehead atoms. The summed E-state index contributed by atoms with van der Waals surface area (Å²) in [7, 11) is 0.940. The molecule has 19 heavy (non-hydrogen) atoms. The van der Waals surface area contributed by atoms with E-state index in [4.69, 9.17) is 0 Å². The molecule has 0 aliphatic heterocycles. The fourth-order valence-electron chi connectivity index (χ4n) is 1.50. The van der Waals surface area contributed by atoms with Gasteiger partial charge in [0.1, 0.15) is 0 Å². The van der Waals surface area contributed by atoms with Crippen molar-refractivity contribution in [3.05, 3.63) is 33.2 Å². The Morgan fingerprint density at radius 3 is 2.42 bits per heavy atom. The molecule has 1 aromatic rings. The molecule has 1 aromatic heterocycles. The minimum absolute atomic E-state index is 0.577. The molecule has 0 unspecified atom stereocenters. The minimum atomic E-state index is -5.18. The van der Waals surface area contributed by atoms with Gasteiger partial charge in [-0.3, -0.25) is 9.59 Å². The number of nitrogens with one attached hydrogen (secondary N) is 1. The lowest BCUT2D eigenvalue weighted by molar-refractivity contribution is -0.142. The van der Waals surface area contributed by atoms with E-state index in [1.807, 2.05) is 0 Å². The lowest BCUT2D eigenvalue weighted by Crippen LogP contribution is -2.24. The maximum absolute atomic E-state index is 12.8. The van der Waals surface area contributed by atoms with E-state index in [9.17, 15) is 31.5 Å². The van der Waals surface area contributed by atoms with Gasteiger partial charge in [0.2, 0.25) is 0 Å². The smallest absolute Gasteiger partial charge is 0.417 e. The van der Waals surface area contributed by atoms with E-state index in [-0.39, 0.29) is 0 Å². The van der Waals surface area contributed by atoms with Gasteiger partial charge in [-0.05, 0) is 5.56 Å². The highest BCUT2D eigenvalue weighted by Gasteiger charge is 2.40. The Morgan fingerprint density at radius 1 is 1.42 bits per heavy atom. The number of hydrogen-bond donors (Lipinski definition) is 1. The maximum atomic E-state index is 12.8. The van der Waals surface area contributed by atoms with Crippen LogP contribution in [0.25, 0.3) is 0 Å². The molecule has 0 saturated heterocycles. The van der Waals surface area contributed by atoms with Gasteiger partial charge in [0.15, 0.2) is 0 Å². The summed E-state index contributed by atoms with van der Waals surface area (Å²) in [5.74, 6) is -1.04. The monoisotopic (exact) mass is 285 g/mol. The number of halogens is 5. The standard InChI is InChI=1S/C10H8F5NO3/c1-19-5(17)2-4-3-16-9(18)6(8(11)12)7(4)10(13,14)15/h3,8H,2H2,1H3,(H,16,18). The second-order valence-electron chi connectivity index (χ2n) is 3.48. The van der Waals surface area contributed by atoms with E-state index >= 15 is 0 Å². The number of alkyl halides is 5. The number of aromatic amines is 1. The first-order chi connectivity index (χ1) is 8.68. The number of carbonyl (C=O) groups is 1. The Labute approximate surface area is 103 Å². The molecule has 0 radical (unpaired) electrons. The van der Waals surface area contributed by atoms with Crippen LogP contribution in [-0.2, 0) is 22.1 Å². The SMILES string of the molecule is COC(=O)Cc1c[nH]c(=O)c(C(F)F)c1C(F)(F)F. The van der Waals surface area contributed by atoms with Crippen LogP contribution in [0, 0.1) is 0 Å². The van der Waals surface area contributed by atoms with Crippen molar-refractivity contribution in [1.82, 2.24) is 4.98 Å². The molecule has 0 amide bonds. The maximum Gasteiger partial charge on any atom is 0.417 e. The molecule has 0 aliphatic rings. The molecule has 0 atom stereocenters. The highest BCUT2D eigenvalue weighted by molar-refractivity contribution is 5.73. The third kappa shape index (κ3) is 3.30. The molecule has 106 valence electrons. The number of hydrogen-bond acceptors (Lipinski definition) is 3. The van der Waals surface area contributed by atoms with Crippen LogP contribution in [0.4, 0.5) is 22.0 Å². The second kappa shape index (κ2) is 5.37. The predicted octanol–water partition coefficient (Wildman–Crippen LogP) is 2.05. The van der Waals surface area contributed by atoms with Crippen LogP contribution in [-0.4, -0.2) is 18.1 Å². The highest BCUT2D eigenvalue weighted by Crippen LogP contribution is 2.36. The number of methoxy groups -OCH3 is 1. The lowest BCUT2D eigenvalue weighted by Gasteiger charge is -2.15. The number of rotatable bonds is 3. The Balaban J connectivity index is 3.52. The number of esters is 1. The number of aromatic nitrogens is 1. The van der Waals surface area contributed by atoms with Gasteiger partial charge < -0.3 is 9.72 Å². The number of ether oxygens (including phenoxy) is 1. The van der Waals surface area contributed by atoms with Crippen LogP contribution in [0.15, 0.2) is 11.0 Å².